The molecule has 0 aromatic heterocycles. The van der Waals surface area contributed by atoms with Gasteiger partial charge in [-0.1, -0.05) is 12.1 Å². The first kappa shape index (κ1) is 13.9. The summed E-state index contributed by atoms with van der Waals surface area (Å²) >= 11 is 1.56. The molecule has 1 atom stereocenters. The molecule has 1 aliphatic rings. The van der Waals surface area contributed by atoms with Gasteiger partial charge in [0.15, 0.2) is 0 Å². The third kappa shape index (κ3) is 2.74. The van der Waals surface area contributed by atoms with Gasteiger partial charge in [-0.3, -0.25) is 9.69 Å². The zero-order valence-corrected chi connectivity index (χ0v) is 12.3. The van der Waals surface area contributed by atoms with E-state index in [9.17, 15) is 9.18 Å². The maximum Gasteiger partial charge on any atom is 0.238 e. The van der Waals surface area contributed by atoms with Crippen LogP contribution < -0.4 is 9.64 Å². The summed E-state index contributed by atoms with van der Waals surface area (Å²) in [5.74, 6) is 0.890. The van der Waals surface area contributed by atoms with E-state index < -0.39 is 0 Å². The number of methoxy groups -OCH3 is 1. The van der Waals surface area contributed by atoms with Crippen LogP contribution in [0.2, 0.25) is 0 Å². The van der Waals surface area contributed by atoms with E-state index in [1.54, 1.807) is 35.9 Å². The first-order valence-electron chi connectivity index (χ1n) is 6.52. The second-order valence-electron chi connectivity index (χ2n) is 4.68. The summed E-state index contributed by atoms with van der Waals surface area (Å²) in [5.41, 5.74) is 1.70. The minimum absolute atomic E-state index is 0.0272. The number of hydrogen-bond donors (Lipinski definition) is 0. The van der Waals surface area contributed by atoms with E-state index in [0.717, 1.165) is 11.3 Å². The summed E-state index contributed by atoms with van der Waals surface area (Å²) in [6.07, 6.45) is 0. The first-order chi connectivity index (χ1) is 10.2. The molecule has 0 bridgehead atoms. The summed E-state index contributed by atoms with van der Waals surface area (Å²) in [6.45, 7) is 0. The highest BCUT2D eigenvalue weighted by atomic mass is 32.2. The van der Waals surface area contributed by atoms with Gasteiger partial charge in [0.05, 0.1) is 12.9 Å². The van der Waals surface area contributed by atoms with Crippen LogP contribution in [-0.4, -0.2) is 18.8 Å². The summed E-state index contributed by atoms with van der Waals surface area (Å²) in [6, 6.07) is 13.7. The third-order valence-corrected chi connectivity index (χ3v) is 4.56. The number of anilines is 1. The van der Waals surface area contributed by atoms with Gasteiger partial charge in [-0.2, -0.15) is 0 Å². The van der Waals surface area contributed by atoms with Crippen LogP contribution in [0.3, 0.4) is 0 Å². The molecule has 1 fully saturated rings. The van der Waals surface area contributed by atoms with E-state index in [-0.39, 0.29) is 17.1 Å². The van der Waals surface area contributed by atoms with Crippen LogP contribution in [0, 0.1) is 5.82 Å². The number of thioether (sulfide) groups is 1. The van der Waals surface area contributed by atoms with Crippen molar-refractivity contribution in [2.24, 2.45) is 0 Å². The summed E-state index contributed by atoms with van der Waals surface area (Å²) in [4.78, 5) is 13.9. The highest BCUT2D eigenvalue weighted by Gasteiger charge is 2.34. The number of carbonyl (C=O) groups excluding carboxylic acids is 1. The molecule has 2 aromatic carbocycles. The normalized spacial score (nSPS) is 18.1. The van der Waals surface area contributed by atoms with Crippen molar-refractivity contribution in [2.45, 2.75) is 5.37 Å². The van der Waals surface area contributed by atoms with Crippen LogP contribution in [0.25, 0.3) is 0 Å². The van der Waals surface area contributed by atoms with Gasteiger partial charge in [0.1, 0.15) is 16.9 Å². The van der Waals surface area contributed by atoms with Crippen molar-refractivity contribution in [3.05, 3.63) is 59.9 Å². The van der Waals surface area contributed by atoms with Crippen LogP contribution in [0.4, 0.5) is 10.1 Å². The van der Waals surface area contributed by atoms with Crippen LogP contribution in [0.5, 0.6) is 5.75 Å². The summed E-state index contributed by atoms with van der Waals surface area (Å²) < 4.78 is 18.3. The zero-order valence-electron chi connectivity index (χ0n) is 11.5. The van der Waals surface area contributed by atoms with E-state index in [1.807, 2.05) is 24.3 Å². The first-order valence-corrected chi connectivity index (χ1v) is 7.57. The third-order valence-electron chi connectivity index (χ3n) is 3.35. The van der Waals surface area contributed by atoms with Gasteiger partial charge in [0, 0.05) is 5.69 Å². The molecule has 3 rings (SSSR count). The quantitative estimate of drug-likeness (QED) is 0.867. The van der Waals surface area contributed by atoms with Gasteiger partial charge >= 0.3 is 0 Å². The summed E-state index contributed by atoms with van der Waals surface area (Å²) in [7, 11) is 1.61. The zero-order chi connectivity index (χ0) is 14.8. The second kappa shape index (κ2) is 5.77. The maximum absolute atomic E-state index is 13.1. The molecule has 3 nitrogen and oxygen atoms in total. The SMILES string of the molecule is COc1cccc([C@@H]2SCC(=O)N2c2ccc(F)cc2)c1. The van der Waals surface area contributed by atoms with Crippen LogP contribution in [-0.2, 0) is 4.79 Å². The number of benzene rings is 2. The molecule has 1 aliphatic heterocycles. The second-order valence-corrected chi connectivity index (χ2v) is 5.75. The lowest BCUT2D eigenvalue weighted by Crippen LogP contribution is -2.27. The number of nitrogens with zero attached hydrogens (tertiary/aromatic N) is 1. The Balaban J connectivity index is 1.97. The average Bonchev–Trinajstić information content (AvgIpc) is 2.90. The van der Waals surface area contributed by atoms with Gasteiger partial charge in [-0.25, -0.2) is 4.39 Å². The highest BCUT2D eigenvalue weighted by molar-refractivity contribution is 8.00. The standard InChI is InChI=1S/C16H14FNO2S/c1-20-14-4-2-3-11(9-14)16-18(15(19)10-21-16)13-7-5-12(17)6-8-13/h2-9,16H,10H2,1H3/t16-/m0/s1. The molecular weight excluding hydrogens is 289 g/mol. The van der Waals surface area contributed by atoms with Gasteiger partial charge in [0.2, 0.25) is 5.91 Å². The Morgan fingerprint density at radius 1 is 1.24 bits per heavy atom. The molecule has 1 heterocycles. The topological polar surface area (TPSA) is 29.5 Å². The summed E-state index contributed by atoms with van der Waals surface area (Å²) in [5, 5.41) is -0.113. The predicted octanol–water partition coefficient (Wildman–Crippen LogP) is 3.61. The molecule has 0 radical (unpaired) electrons. The van der Waals surface area contributed by atoms with Crippen LogP contribution in [0.15, 0.2) is 48.5 Å². The lowest BCUT2D eigenvalue weighted by Gasteiger charge is -2.24. The Kier molecular flexibility index (Phi) is 3.84. The molecule has 0 aliphatic carbocycles. The molecule has 0 saturated carbocycles. The van der Waals surface area contributed by atoms with E-state index in [0.29, 0.717) is 11.4 Å². The number of halogens is 1. The molecule has 1 saturated heterocycles. The lowest BCUT2D eigenvalue weighted by molar-refractivity contribution is -0.115. The Morgan fingerprint density at radius 3 is 2.71 bits per heavy atom. The molecule has 5 heteroatoms. The monoisotopic (exact) mass is 303 g/mol. The van der Waals surface area contributed by atoms with E-state index in [4.69, 9.17) is 4.74 Å². The van der Waals surface area contributed by atoms with E-state index in [2.05, 4.69) is 0 Å². The Morgan fingerprint density at radius 2 is 2.00 bits per heavy atom. The maximum atomic E-state index is 13.1. The van der Waals surface area contributed by atoms with Gasteiger partial charge in [-0.05, 0) is 42.0 Å². The number of hydrogen-bond acceptors (Lipinski definition) is 3. The van der Waals surface area contributed by atoms with E-state index in [1.165, 1.54) is 12.1 Å². The minimum Gasteiger partial charge on any atom is -0.497 e. The van der Waals surface area contributed by atoms with Crippen molar-refractivity contribution in [3.63, 3.8) is 0 Å². The largest absolute Gasteiger partial charge is 0.497 e. The van der Waals surface area contributed by atoms with Crippen molar-refractivity contribution in [3.8, 4) is 5.75 Å². The van der Waals surface area contributed by atoms with Crippen molar-refractivity contribution in [1.29, 1.82) is 0 Å². The fourth-order valence-electron chi connectivity index (χ4n) is 2.35. The molecule has 108 valence electrons. The average molecular weight is 303 g/mol. The Labute approximate surface area is 126 Å². The fourth-order valence-corrected chi connectivity index (χ4v) is 3.51. The fraction of sp³-hybridized carbons (Fsp3) is 0.188. The van der Waals surface area contributed by atoms with Crippen molar-refractivity contribution >= 4 is 23.4 Å². The molecule has 21 heavy (non-hydrogen) atoms. The predicted molar refractivity (Wildman–Crippen MR) is 82.1 cm³/mol. The van der Waals surface area contributed by atoms with Crippen molar-refractivity contribution in [2.75, 3.05) is 17.8 Å². The molecule has 1 amide bonds. The molecule has 0 unspecified atom stereocenters. The molecular formula is C16H14FNO2S. The Hall–Kier alpha value is -2.01. The van der Waals surface area contributed by atoms with Crippen LogP contribution in [0.1, 0.15) is 10.9 Å². The van der Waals surface area contributed by atoms with Gasteiger partial charge in [-0.15, -0.1) is 11.8 Å². The molecule has 0 N–H and O–H groups in total. The highest BCUT2D eigenvalue weighted by Crippen LogP contribution is 2.42. The minimum atomic E-state index is -0.309. The number of carbonyl (C=O) groups is 1. The van der Waals surface area contributed by atoms with Gasteiger partial charge in [0.25, 0.3) is 0 Å². The lowest BCUT2D eigenvalue weighted by atomic mass is 10.1. The van der Waals surface area contributed by atoms with Gasteiger partial charge < -0.3 is 4.74 Å². The van der Waals surface area contributed by atoms with Crippen molar-refractivity contribution < 1.29 is 13.9 Å². The number of amides is 1. The van der Waals surface area contributed by atoms with E-state index >= 15 is 0 Å². The van der Waals surface area contributed by atoms with Crippen LogP contribution >= 0.6 is 11.8 Å². The molecule has 2 aromatic rings. The number of ether oxygens (including phenoxy) is 1. The Bertz CT molecular complexity index is 660. The smallest absolute Gasteiger partial charge is 0.238 e. The van der Waals surface area contributed by atoms with Crippen molar-refractivity contribution in [1.82, 2.24) is 0 Å². The molecule has 0 spiro atoms. The number of rotatable bonds is 3.